The molecular weight excluding hydrogens is 368 g/mol. The fourth-order valence-electron chi connectivity index (χ4n) is 1.19. The molecule has 0 aliphatic carbocycles. The van der Waals surface area contributed by atoms with Gasteiger partial charge in [-0.05, 0) is 34.2 Å². The van der Waals surface area contributed by atoms with Crippen LogP contribution < -0.4 is 10.5 Å². The monoisotopic (exact) mass is 376 g/mol. The van der Waals surface area contributed by atoms with Crippen LogP contribution in [0.4, 0.5) is 13.2 Å². The van der Waals surface area contributed by atoms with Gasteiger partial charge in [0, 0.05) is 6.54 Å². The van der Waals surface area contributed by atoms with Gasteiger partial charge in [-0.2, -0.15) is 0 Å². The van der Waals surface area contributed by atoms with Crippen LogP contribution in [0.15, 0.2) is 6.07 Å². The average Bonchev–Trinajstić information content (AvgIpc) is 2.19. The molecule has 0 bridgehead atoms. The lowest BCUT2D eigenvalue weighted by Crippen LogP contribution is -2.20. The number of carboxylic acid groups (broad SMARTS) is 1. The van der Waals surface area contributed by atoms with E-state index in [1.54, 1.807) is 22.6 Å². The lowest BCUT2D eigenvalue weighted by atomic mass is 10.2. The average molecular weight is 376 g/mol. The summed E-state index contributed by atoms with van der Waals surface area (Å²) in [5.74, 6) is -1.74. The third kappa shape index (κ3) is 4.29. The highest BCUT2D eigenvalue weighted by atomic mass is 127. The van der Waals surface area contributed by atoms with Crippen molar-refractivity contribution in [1.29, 1.82) is 0 Å². The van der Waals surface area contributed by atoms with Crippen LogP contribution in [-0.2, 0) is 17.8 Å². The van der Waals surface area contributed by atoms with Gasteiger partial charge in [0.2, 0.25) is 0 Å². The van der Waals surface area contributed by atoms with Crippen molar-refractivity contribution in [1.82, 2.24) is 4.98 Å². The smallest absolute Gasteiger partial charge is 0.481 e. The number of nitrogens with two attached hydrogens (primary N) is 1. The van der Waals surface area contributed by atoms with Gasteiger partial charge in [0.1, 0.15) is 3.70 Å². The Kier molecular flexibility index (Phi) is 4.73. The Morgan fingerprint density at radius 2 is 2.17 bits per heavy atom. The molecule has 1 rings (SSSR count). The van der Waals surface area contributed by atoms with E-state index in [4.69, 9.17) is 10.8 Å². The zero-order chi connectivity index (χ0) is 13.9. The number of nitrogens with zero attached hydrogens (tertiary/aromatic N) is 1. The lowest BCUT2D eigenvalue weighted by molar-refractivity contribution is -0.275. The van der Waals surface area contributed by atoms with Crippen molar-refractivity contribution in [3.05, 3.63) is 21.0 Å². The minimum Gasteiger partial charge on any atom is -0.481 e. The summed E-state index contributed by atoms with van der Waals surface area (Å²) < 4.78 is 40.5. The van der Waals surface area contributed by atoms with E-state index in [0.29, 0.717) is 0 Å². The lowest BCUT2D eigenvalue weighted by Gasteiger charge is -2.13. The van der Waals surface area contributed by atoms with Crippen LogP contribution >= 0.6 is 22.6 Å². The summed E-state index contributed by atoms with van der Waals surface area (Å²) in [5, 5.41) is 8.62. The first-order valence-electron chi connectivity index (χ1n) is 4.59. The number of carboxylic acids is 1. The van der Waals surface area contributed by atoms with Crippen LogP contribution in [0.2, 0.25) is 0 Å². The Balaban J connectivity index is 3.17. The SMILES string of the molecule is NCc1nc(I)c(CC(=O)O)cc1OC(F)(F)F. The molecule has 18 heavy (non-hydrogen) atoms. The molecule has 0 spiro atoms. The highest BCUT2D eigenvalue weighted by Crippen LogP contribution is 2.28. The van der Waals surface area contributed by atoms with E-state index < -0.39 is 24.5 Å². The van der Waals surface area contributed by atoms with E-state index in [9.17, 15) is 18.0 Å². The van der Waals surface area contributed by atoms with Crippen LogP contribution in [0, 0.1) is 3.70 Å². The van der Waals surface area contributed by atoms with Crippen molar-refractivity contribution < 1.29 is 27.8 Å². The second-order valence-electron chi connectivity index (χ2n) is 3.21. The van der Waals surface area contributed by atoms with Crippen molar-refractivity contribution in [3.63, 3.8) is 0 Å². The molecule has 1 heterocycles. The largest absolute Gasteiger partial charge is 0.573 e. The van der Waals surface area contributed by atoms with Crippen molar-refractivity contribution in [2.45, 2.75) is 19.3 Å². The maximum atomic E-state index is 12.1. The fraction of sp³-hybridized carbons (Fsp3) is 0.333. The Hall–Kier alpha value is -1.10. The van der Waals surface area contributed by atoms with Gasteiger partial charge in [-0.1, -0.05) is 0 Å². The van der Waals surface area contributed by atoms with Crippen LogP contribution in [0.3, 0.4) is 0 Å². The summed E-state index contributed by atoms with van der Waals surface area (Å²) in [6.07, 6.45) is -5.32. The first-order valence-corrected chi connectivity index (χ1v) is 5.66. The summed E-state index contributed by atoms with van der Waals surface area (Å²) in [7, 11) is 0. The summed E-state index contributed by atoms with van der Waals surface area (Å²) in [4.78, 5) is 14.4. The maximum Gasteiger partial charge on any atom is 0.573 e. The normalized spacial score (nSPS) is 11.4. The fourth-order valence-corrected chi connectivity index (χ4v) is 1.83. The first-order chi connectivity index (χ1) is 8.23. The summed E-state index contributed by atoms with van der Waals surface area (Å²) in [5.41, 5.74) is 5.32. The molecule has 9 heteroatoms. The predicted molar refractivity (Wildman–Crippen MR) is 62.9 cm³/mol. The Morgan fingerprint density at radius 3 is 2.61 bits per heavy atom. The molecule has 0 fully saturated rings. The van der Waals surface area contributed by atoms with Crippen molar-refractivity contribution in [3.8, 4) is 5.75 Å². The minimum atomic E-state index is -4.88. The molecule has 0 unspecified atom stereocenters. The number of carbonyl (C=O) groups is 1. The van der Waals surface area contributed by atoms with E-state index >= 15 is 0 Å². The molecule has 1 aromatic rings. The Labute approximate surface area is 113 Å². The third-order valence-electron chi connectivity index (χ3n) is 1.85. The molecule has 0 aliphatic heterocycles. The number of hydrogen-bond acceptors (Lipinski definition) is 4. The molecule has 3 N–H and O–H groups in total. The molecule has 0 aromatic carbocycles. The molecule has 100 valence electrons. The van der Waals surface area contributed by atoms with Crippen LogP contribution in [0.5, 0.6) is 5.75 Å². The Morgan fingerprint density at radius 1 is 1.56 bits per heavy atom. The summed E-state index contributed by atoms with van der Waals surface area (Å²) >= 11 is 1.73. The van der Waals surface area contributed by atoms with Crippen LogP contribution in [-0.4, -0.2) is 22.4 Å². The van der Waals surface area contributed by atoms with Crippen molar-refractivity contribution in [2.75, 3.05) is 0 Å². The van der Waals surface area contributed by atoms with Crippen LogP contribution in [0.25, 0.3) is 0 Å². The van der Waals surface area contributed by atoms with E-state index in [1.165, 1.54) is 0 Å². The zero-order valence-electron chi connectivity index (χ0n) is 8.79. The quantitative estimate of drug-likeness (QED) is 0.617. The number of ether oxygens (including phenoxy) is 1. The second-order valence-corrected chi connectivity index (χ2v) is 4.23. The van der Waals surface area contributed by atoms with Crippen molar-refractivity contribution in [2.24, 2.45) is 5.73 Å². The molecule has 0 amide bonds. The van der Waals surface area contributed by atoms with Gasteiger partial charge in [-0.15, -0.1) is 13.2 Å². The number of halogens is 4. The Bertz CT molecular complexity index is 465. The van der Waals surface area contributed by atoms with Gasteiger partial charge in [0.05, 0.1) is 12.1 Å². The molecule has 5 nitrogen and oxygen atoms in total. The standard InChI is InChI=1S/C9H8F3IN2O3/c10-9(11,12)18-6-1-4(2-7(16)17)8(13)15-5(6)3-14/h1H,2-3,14H2,(H,16,17). The molecule has 0 radical (unpaired) electrons. The van der Waals surface area contributed by atoms with Gasteiger partial charge in [0.15, 0.2) is 5.75 Å². The summed E-state index contributed by atoms with van der Waals surface area (Å²) in [6.45, 7) is -0.241. The van der Waals surface area contributed by atoms with Gasteiger partial charge >= 0.3 is 12.3 Å². The molecule has 0 saturated heterocycles. The van der Waals surface area contributed by atoms with Gasteiger partial charge in [-0.25, -0.2) is 4.98 Å². The molecular formula is C9H8F3IN2O3. The van der Waals surface area contributed by atoms with E-state index in [1.807, 2.05) is 0 Å². The number of aliphatic carboxylic acids is 1. The van der Waals surface area contributed by atoms with E-state index in [0.717, 1.165) is 6.07 Å². The predicted octanol–water partition coefficient (Wildman–Crippen LogP) is 1.67. The molecule has 0 saturated carbocycles. The number of hydrogen-bond donors (Lipinski definition) is 2. The van der Waals surface area contributed by atoms with E-state index in [-0.39, 0.29) is 21.5 Å². The van der Waals surface area contributed by atoms with Crippen LogP contribution in [0.1, 0.15) is 11.3 Å². The number of aromatic nitrogens is 1. The summed E-state index contributed by atoms with van der Waals surface area (Å²) in [6, 6.07) is 0.999. The van der Waals surface area contributed by atoms with Crippen molar-refractivity contribution >= 4 is 28.6 Å². The number of alkyl halides is 3. The highest BCUT2D eigenvalue weighted by molar-refractivity contribution is 14.1. The second kappa shape index (κ2) is 5.69. The maximum absolute atomic E-state index is 12.1. The van der Waals surface area contributed by atoms with E-state index in [2.05, 4.69) is 9.72 Å². The zero-order valence-corrected chi connectivity index (χ0v) is 10.9. The first kappa shape index (κ1) is 15.0. The minimum absolute atomic E-state index is 0.0779. The third-order valence-corrected chi connectivity index (χ3v) is 2.78. The molecule has 1 aromatic heterocycles. The van der Waals surface area contributed by atoms with Gasteiger partial charge in [-0.3, -0.25) is 4.79 Å². The molecule has 0 atom stereocenters. The topological polar surface area (TPSA) is 85.4 Å². The molecule has 0 aliphatic rings. The van der Waals surface area contributed by atoms with Gasteiger partial charge in [0.25, 0.3) is 0 Å². The number of pyridine rings is 1. The number of rotatable bonds is 4. The highest BCUT2D eigenvalue weighted by Gasteiger charge is 2.32. The van der Waals surface area contributed by atoms with Gasteiger partial charge < -0.3 is 15.6 Å².